The van der Waals surface area contributed by atoms with Crippen LogP contribution in [-0.2, 0) is 33.4 Å². The number of carbonyl (C=O) groups is 5. The summed E-state index contributed by atoms with van der Waals surface area (Å²) in [5, 5.41) is 12.0. The van der Waals surface area contributed by atoms with E-state index in [0.29, 0.717) is 49.6 Å². The highest BCUT2D eigenvalue weighted by Gasteiger charge is 2.42. The molecule has 0 bridgehead atoms. The Morgan fingerprint density at radius 2 is 1.05 bits per heavy atom. The summed E-state index contributed by atoms with van der Waals surface area (Å²) in [6.45, 7) is 8.80. The molecular formula is C50H64N6O8. The van der Waals surface area contributed by atoms with Gasteiger partial charge in [-0.1, -0.05) is 76.2 Å². The van der Waals surface area contributed by atoms with Crippen molar-refractivity contribution >= 4 is 41.1 Å². The Bertz CT molecular complexity index is 2140. The van der Waals surface area contributed by atoms with Crippen molar-refractivity contribution in [3.8, 4) is 0 Å². The number of rotatable bonds is 15. The first-order valence-electron chi connectivity index (χ1n) is 23.3. The number of hydrogen-bond acceptors (Lipinski definition) is 9. The van der Waals surface area contributed by atoms with Crippen LogP contribution < -0.4 is 21.3 Å². The number of benzene rings is 3. The van der Waals surface area contributed by atoms with Gasteiger partial charge in [0.2, 0.25) is 30.0 Å². The van der Waals surface area contributed by atoms with Gasteiger partial charge in [-0.25, -0.2) is 4.79 Å². The van der Waals surface area contributed by atoms with E-state index in [9.17, 15) is 24.0 Å². The smallest absolute Gasteiger partial charge is 0.407 e. The summed E-state index contributed by atoms with van der Waals surface area (Å²) in [7, 11) is 1.26. The Hall–Kier alpha value is -5.31. The van der Waals surface area contributed by atoms with E-state index in [1.54, 1.807) is 9.80 Å². The fourth-order valence-corrected chi connectivity index (χ4v) is 10.3. The Morgan fingerprint density at radius 3 is 1.47 bits per heavy atom. The van der Waals surface area contributed by atoms with Crippen LogP contribution in [0, 0.1) is 11.8 Å². The molecule has 8 rings (SSSR count). The molecule has 3 aromatic rings. The molecule has 5 amide bonds. The number of nitrogens with zero attached hydrogens (tertiary/aromatic N) is 2. The minimum Gasteiger partial charge on any atom is -0.453 e. The Kier molecular flexibility index (Phi) is 14.0. The molecule has 2 saturated carbocycles. The van der Waals surface area contributed by atoms with Gasteiger partial charge in [-0.3, -0.25) is 24.5 Å². The molecule has 3 aliphatic heterocycles. The fourth-order valence-electron chi connectivity index (χ4n) is 10.3. The predicted octanol–water partition coefficient (Wildman–Crippen LogP) is 7.15. The maximum Gasteiger partial charge on any atom is 0.407 e. The molecule has 64 heavy (non-hydrogen) atoms. The van der Waals surface area contributed by atoms with Gasteiger partial charge in [0, 0.05) is 24.5 Å². The van der Waals surface area contributed by atoms with Gasteiger partial charge in [0.15, 0.2) is 6.79 Å². The average molecular weight is 877 g/mol. The molecule has 5 fully saturated rings. The first kappa shape index (κ1) is 45.3. The van der Waals surface area contributed by atoms with Crippen molar-refractivity contribution in [3.05, 3.63) is 95.1 Å². The monoisotopic (exact) mass is 876 g/mol. The van der Waals surface area contributed by atoms with E-state index in [4.69, 9.17) is 14.2 Å². The first-order valence-corrected chi connectivity index (χ1v) is 23.3. The lowest BCUT2D eigenvalue weighted by Gasteiger charge is -2.35. The van der Waals surface area contributed by atoms with Gasteiger partial charge in [0.05, 0.1) is 13.2 Å². The SMILES string of the molecule is COC(=O)N[C@H](C(=O)N1CCCC1C(=O)Nc1ccc(C2CCC(c3ccc(NC(=O)C4CCCN4C(=O)C(NC4OCO4)C(C)C)cc3)C2c2ccc(C3CC3)cc2)cc1)C(C)C. The summed E-state index contributed by atoms with van der Waals surface area (Å²) in [6.07, 6.45) is 5.77. The van der Waals surface area contributed by atoms with Crippen molar-refractivity contribution < 1.29 is 38.2 Å². The normalized spacial score (nSPS) is 24.3. The van der Waals surface area contributed by atoms with E-state index in [-0.39, 0.29) is 60.0 Å². The van der Waals surface area contributed by atoms with Crippen molar-refractivity contribution in [2.75, 3.05) is 37.6 Å². The highest BCUT2D eigenvalue weighted by molar-refractivity contribution is 5.99. The second-order valence-corrected chi connectivity index (χ2v) is 18.9. The first-order chi connectivity index (χ1) is 30.9. The molecule has 0 radical (unpaired) electrons. The summed E-state index contributed by atoms with van der Waals surface area (Å²) in [5.74, 6) is 0.294. The zero-order chi connectivity index (χ0) is 45.1. The van der Waals surface area contributed by atoms with Gasteiger partial charge in [-0.05, 0) is 133 Å². The Balaban J connectivity index is 0.945. The third-order valence-electron chi connectivity index (χ3n) is 14.0. The predicted molar refractivity (Wildman–Crippen MR) is 242 cm³/mol. The summed E-state index contributed by atoms with van der Waals surface area (Å²) in [4.78, 5) is 69.9. The summed E-state index contributed by atoms with van der Waals surface area (Å²) in [5.41, 5.74) is 6.47. The number of likely N-dealkylation sites (tertiary alicyclic amines) is 2. The van der Waals surface area contributed by atoms with Crippen LogP contribution in [0.1, 0.15) is 125 Å². The number of alkyl carbamates (subject to hydrolysis) is 1. The second-order valence-electron chi connectivity index (χ2n) is 18.9. The van der Waals surface area contributed by atoms with Crippen molar-refractivity contribution in [1.29, 1.82) is 0 Å². The van der Waals surface area contributed by atoms with Crippen LogP contribution in [0.25, 0.3) is 0 Å². The molecule has 3 saturated heterocycles. The Morgan fingerprint density at radius 1 is 0.594 bits per heavy atom. The fraction of sp³-hybridized carbons (Fsp3) is 0.540. The van der Waals surface area contributed by atoms with Crippen LogP contribution in [0.5, 0.6) is 0 Å². The summed E-state index contributed by atoms with van der Waals surface area (Å²) < 4.78 is 15.4. The average Bonchev–Trinajstić information content (AvgIpc) is 3.61. The van der Waals surface area contributed by atoms with E-state index < -0.39 is 36.7 Å². The number of hydrogen-bond donors (Lipinski definition) is 4. The van der Waals surface area contributed by atoms with Gasteiger partial charge in [-0.2, -0.15) is 0 Å². The standard InChI is InChI=1S/C50H64N6O8/c1-29(2)43(53-49(61)62-5)47(59)55-26-6-8-40(55)45(57)51-36-20-16-33(17-21-36)38-24-25-39(42(38)35-14-12-32(13-15-35)31-10-11-31)34-18-22-37(23-19-34)52-46(58)41-9-7-27-56(41)48(60)44(30(3)4)54-50-63-28-64-50/h12-23,29-31,38-44,50,54H,6-11,24-28H2,1-5H3,(H,51,57)(H,52,58)(H,53,61)/t38?,39?,40?,41?,42?,43-,44?/m0/s1. The highest BCUT2D eigenvalue weighted by Crippen LogP contribution is 2.54. The van der Waals surface area contributed by atoms with Crippen LogP contribution in [0.2, 0.25) is 0 Å². The molecule has 7 atom stereocenters. The van der Waals surface area contributed by atoms with Crippen LogP contribution >= 0.6 is 0 Å². The number of ether oxygens (including phenoxy) is 3. The van der Waals surface area contributed by atoms with Gasteiger partial charge in [0.25, 0.3) is 0 Å². The molecule has 3 aromatic carbocycles. The minimum absolute atomic E-state index is 0.0176. The van der Waals surface area contributed by atoms with Crippen LogP contribution in [-0.4, -0.2) is 97.1 Å². The second kappa shape index (κ2) is 19.8. The van der Waals surface area contributed by atoms with Crippen LogP contribution in [0.4, 0.5) is 16.2 Å². The van der Waals surface area contributed by atoms with Crippen molar-refractivity contribution in [2.45, 2.75) is 133 Å². The molecule has 3 heterocycles. The molecule has 14 heteroatoms. The molecule has 0 spiro atoms. The van der Waals surface area contributed by atoms with Crippen molar-refractivity contribution in [2.24, 2.45) is 11.8 Å². The topological polar surface area (TPSA) is 168 Å². The third kappa shape index (κ3) is 9.99. The lowest BCUT2D eigenvalue weighted by atomic mass is 9.77. The van der Waals surface area contributed by atoms with Crippen molar-refractivity contribution in [3.63, 3.8) is 0 Å². The molecule has 342 valence electrons. The number of nitrogens with one attached hydrogen (secondary N) is 4. The summed E-state index contributed by atoms with van der Waals surface area (Å²) >= 11 is 0. The Labute approximate surface area is 376 Å². The minimum atomic E-state index is -0.798. The van der Waals surface area contributed by atoms with E-state index in [0.717, 1.165) is 19.3 Å². The zero-order valence-corrected chi connectivity index (χ0v) is 37.7. The lowest BCUT2D eigenvalue weighted by molar-refractivity contribution is -0.335. The maximum absolute atomic E-state index is 13.7. The molecule has 2 aliphatic carbocycles. The molecule has 14 nitrogen and oxygen atoms in total. The lowest BCUT2D eigenvalue weighted by Crippen LogP contribution is -2.58. The maximum atomic E-state index is 13.7. The van der Waals surface area contributed by atoms with Gasteiger partial charge < -0.3 is 40.0 Å². The van der Waals surface area contributed by atoms with Crippen LogP contribution in [0.3, 0.4) is 0 Å². The van der Waals surface area contributed by atoms with Gasteiger partial charge in [-0.15, -0.1) is 0 Å². The molecule has 4 N–H and O–H groups in total. The van der Waals surface area contributed by atoms with Gasteiger partial charge in [0.1, 0.15) is 18.1 Å². The van der Waals surface area contributed by atoms with Crippen LogP contribution in [0.15, 0.2) is 72.8 Å². The van der Waals surface area contributed by atoms with Crippen molar-refractivity contribution in [1.82, 2.24) is 20.4 Å². The zero-order valence-electron chi connectivity index (χ0n) is 37.7. The summed E-state index contributed by atoms with van der Waals surface area (Å²) in [6, 6.07) is 23.1. The van der Waals surface area contributed by atoms with Gasteiger partial charge >= 0.3 is 6.09 Å². The molecule has 5 aliphatic rings. The number of anilines is 2. The molecular weight excluding hydrogens is 813 g/mol. The number of methoxy groups -OCH3 is 1. The quantitative estimate of drug-likeness (QED) is 0.124. The van der Waals surface area contributed by atoms with E-state index in [2.05, 4.69) is 69.8 Å². The van der Waals surface area contributed by atoms with E-state index in [1.165, 1.54) is 42.2 Å². The number of amides is 5. The molecule has 0 aromatic heterocycles. The highest BCUT2D eigenvalue weighted by atomic mass is 16.9. The third-order valence-corrected chi connectivity index (χ3v) is 14.0. The molecule has 6 unspecified atom stereocenters. The number of carbonyl (C=O) groups excluding carboxylic acids is 5. The van der Waals surface area contributed by atoms with E-state index in [1.807, 2.05) is 52.0 Å². The van der Waals surface area contributed by atoms with E-state index >= 15 is 0 Å². The largest absolute Gasteiger partial charge is 0.453 e.